The SMILES string of the molecule is CC1(C)CNC=C1C(N)=O. The first-order valence-corrected chi connectivity index (χ1v) is 3.28. The van der Waals surface area contributed by atoms with Crippen LogP contribution in [0.2, 0.25) is 0 Å². The highest BCUT2D eigenvalue weighted by molar-refractivity contribution is 5.93. The molecule has 0 atom stereocenters. The molecule has 1 rings (SSSR count). The van der Waals surface area contributed by atoms with Crippen LogP contribution in [0.1, 0.15) is 13.8 Å². The number of rotatable bonds is 1. The van der Waals surface area contributed by atoms with Gasteiger partial charge in [0.2, 0.25) is 5.91 Å². The van der Waals surface area contributed by atoms with Gasteiger partial charge in [0, 0.05) is 23.7 Å². The van der Waals surface area contributed by atoms with E-state index in [0.717, 1.165) is 6.54 Å². The maximum Gasteiger partial charge on any atom is 0.246 e. The molecule has 10 heavy (non-hydrogen) atoms. The second-order valence-corrected chi connectivity index (χ2v) is 3.19. The van der Waals surface area contributed by atoms with Crippen molar-refractivity contribution in [1.82, 2.24) is 5.32 Å². The van der Waals surface area contributed by atoms with E-state index >= 15 is 0 Å². The van der Waals surface area contributed by atoms with Gasteiger partial charge in [0.05, 0.1) is 0 Å². The molecule has 0 radical (unpaired) electrons. The summed E-state index contributed by atoms with van der Waals surface area (Å²) in [6.07, 6.45) is 1.70. The van der Waals surface area contributed by atoms with Crippen molar-refractivity contribution in [2.75, 3.05) is 6.54 Å². The van der Waals surface area contributed by atoms with Crippen LogP contribution >= 0.6 is 0 Å². The first-order valence-electron chi connectivity index (χ1n) is 3.28. The minimum absolute atomic E-state index is 0.0914. The number of nitrogens with two attached hydrogens (primary N) is 1. The number of nitrogens with one attached hydrogen (secondary N) is 1. The second-order valence-electron chi connectivity index (χ2n) is 3.19. The largest absolute Gasteiger partial charge is 0.390 e. The Labute approximate surface area is 60.3 Å². The molecule has 56 valence electrons. The molecule has 1 heterocycles. The van der Waals surface area contributed by atoms with Gasteiger partial charge in [0.25, 0.3) is 0 Å². The Morgan fingerprint density at radius 1 is 1.80 bits per heavy atom. The molecule has 0 unspecified atom stereocenters. The molecule has 0 aromatic rings. The quantitative estimate of drug-likeness (QED) is 0.538. The molecule has 0 fully saturated rings. The third kappa shape index (κ3) is 0.988. The smallest absolute Gasteiger partial charge is 0.246 e. The van der Waals surface area contributed by atoms with Gasteiger partial charge in [0.1, 0.15) is 0 Å². The highest BCUT2D eigenvalue weighted by Gasteiger charge is 2.30. The van der Waals surface area contributed by atoms with Crippen molar-refractivity contribution in [3.05, 3.63) is 11.8 Å². The predicted octanol–water partition coefficient (Wildman–Crippen LogP) is -0.0150. The van der Waals surface area contributed by atoms with Gasteiger partial charge in [-0.3, -0.25) is 4.79 Å². The van der Waals surface area contributed by atoms with Crippen LogP contribution in [0, 0.1) is 5.41 Å². The lowest BCUT2D eigenvalue weighted by Crippen LogP contribution is -2.27. The first-order chi connectivity index (χ1) is 4.54. The summed E-state index contributed by atoms with van der Waals surface area (Å²) < 4.78 is 0. The van der Waals surface area contributed by atoms with Gasteiger partial charge in [0.15, 0.2) is 0 Å². The summed E-state index contributed by atoms with van der Waals surface area (Å²) in [6.45, 7) is 4.78. The molecular formula is C7H12N2O. The minimum atomic E-state index is -0.324. The molecule has 0 aliphatic carbocycles. The van der Waals surface area contributed by atoms with Crippen LogP contribution in [-0.2, 0) is 4.79 Å². The summed E-state index contributed by atoms with van der Waals surface area (Å²) in [5.74, 6) is -0.324. The number of hydrogen-bond donors (Lipinski definition) is 2. The summed E-state index contributed by atoms with van der Waals surface area (Å²) in [7, 11) is 0. The van der Waals surface area contributed by atoms with E-state index in [1.54, 1.807) is 6.20 Å². The van der Waals surface area contributed by atoms with Gasteiger partial charge in [-0.05, 0) is 0 Å². The fourth-order valence-electron chi connectivity index (χ4n) is 1.10. The molecule has 0 saturated carbocycles. The van der Waals surface area contributed by atoms with Crippen LogP contribution in [-0.4, -0.2) is 12.5 Å². The number of primary amides is 1. The summed E-state index contributed by atoms with van der Waals surface area (Å²) in [5, 5.41) is 2.98. The van der Waals surface area contributed by atoms with E-state index in [4.69, 9.17) is 5.73 Å². The van der Waals surface area contributed by atoms with E-state index in [-0.39, 0.29) is 11.3 Å². The Bertz CT molecular complexity index is 194. The average Bonchev–Trinajstić information content (AvgIpc) is 2.08. The lowest BCUT2D eigenvalue weighted by atomic mass is 9.87. The van der Waals surface area contributed by atoms with E-state index < -0.39 is 0 Å². The van der Waals surface area contributed by atoms with Crippen molar-refractivity contribution in [1.29, 1.82) is 0 Å². The van der Waals surface area contributed by atoms with Crippen LogP contribution in [0.15, 0.2) is 11.8 Å². The molecule has 0 aromatic carbocycles. The zero-order valence-electron chi connectivity index (χ0n) is 6.27. The Balaban J connectivity index is 2.85. The molecule has 0 spiro atoms. The molecule has 0 aromatic heterocycles. The Morgan fingerprint density at radius 3 is 2.60 bits per heavy atom. The number of amides is 1. The lowest BCUT2D eigenvalue weighted by molar-refractivity contribution is -0.115. The number of hydrogen-bond acceptors (Lipinski definition) is 2. The lowest BCUT2D eigenvalue weighted by Gasteiger charge is -2.17. The van der Waals surface area contributed by atoms with E-state index in [0.29, 0.717) is 5.57 Å². The topological polar surface area (TPSA) is 55.1 Å². The van der Waals surface area contributed by atoms with Crippen molar-refractivity contribution in [2.45, 2.75) is 13.8 Å². The second kappa shape index (κ2) is 2.01. The molecule has 1 aliphatic heterocycles. The molecule has 0 bridgehead atoms. The molecule has 1 amide bonds. The van der Waals surface area contributed by atoms with Crippen LogP contribution < -0.4 is 11.1 Å². The molecule has 3 N–H and O–H groups in total. The average molecular weight is 140 g/mol. The van der Waals surface area contributed by atoms with Gasteiger partial charge in [-0.25, -0.2) is 0 Å². The zero-order valence-corrected chi connectivity index (χ0v) is 6.27. The Morgan fingerprint density at radius 2 is 2.40 bits per heavy atom. The van der Waals surface area contributed by atoms with E-state index in [2.05, 4.69) is 5.32 Å². The van der Waals surface area contributed by atoms with Crippen LogP contribution in [0.25, 0.3) is 0 Å². The van der Waals surface area contributed by atoms with E-state index in [1.807, 2.05) is 13.8 Å². The first kappa shape index (κ1) is 7.12. The maximum absolute atomic E-state index is 10.7. The van der Waals surface area contributed by atoms with Gasteiger partial charge in [-0.15, -0.1) is 0 Å². The standard InChI is InChI=1S/C7H12N2O/c1-7(2)4-9-3-5(7)6(8)10/h3,9H,4H2,1-2H3,(H2,8,10). The van der Waals surface area contributed by atoms with Crippen molar-refractivity contribution >= 4 is 5.91 Å². The maximum atomic E-state index is 10.7. The van der Waals surface area contributed by atoms with Crippen molar-refractivity contribution in [3.63, 3.8) is 0 Å². The van der Waals surface area contributed by atoms with Gasteiger partial charge in [-0.2, -0.15) is 0 Å². The molecule has 1 aliphatic rings. The van der Waals surface area contributed by atoms with Gasteiger partial charge >= 0.3 is 0 Å². The normalized spacial score (nSPS) is 21.6. The summed E-state index contributed by atoms with van der Waals surface area (Å²) >= 11 is 0. The molecule has 3 nitrogen and oxygen atoms in total. The van der Waals surface area contributed by atoms with Gasteiger partial charge in [-0.1, -0.05) is 13.8 Å². The fraction of sp³-hybridized carbons (Fsp3) is 0.571. The van der Waals surface area contributed by atoms with E-state index in [9.17, 15) is 4.79 Å². The fourth-order valence-corrected chi connectivity index (χ4v) is 1.10. The number of carbonyl (C=O) groups is 1. The molecular weight excluding hydrogens is 128 g/mol. The highest BCUT2D eigenvalue weighted by Crippen LogP contribution is 2.27. The Hall–Kier alpha value is -0.990. The minimum Gasteiger partial charge on any atom is -0.390 e. The highest BCUT2D eigenvalue weighted by atomic mass is 16.1. The van der Waals surface area contributed by atoms with Crippen LogP contribution in [0.5, 0.6) is 0 Å². The van der Waals surface area contributed by atoms with Gasteiger partial charge < -0.3 is 11.1 Å². The molecule has 0 saturated heterocycles. The summed E-state index contributed by atoms with van der Waals surface area (Å²) in [6, 6.07) is 0. The third-order valence-corrected chi connectivity index (χ3v) is 1.78. The van der Waals surface area contributed by atoms with Crippen LogP contribution in [0.3, 0.4) is 0 Å². The van der Waals surface area contributed by atoms with Crippen molar-refractivity contribution in [3.8, 4) is 0 Å². The van der Waals surface area contributed by atoms with Crippen molar-refractivity contribution < 1.29 is 4.79 Å². The third-order valence-electron chi connectivity index (χ3n) is 1.78. The Kier molecular flexibility index (Phi) is 1.43. The zero-order chi connectivity index (χ0) is 7.78. The monoisotopic (exact) mass is 140 g/mol. The van der Waals surface area contributed by atoms with Crippen LogP contribution in [0.4, 0.5) is 0 Å². The van der Waals surface area contributed by atoms with E-state index in [1.165, 1.54) is 0 Å². The summed E-state index contributed by atoms with van der Waals surface area (Å²) in [5.41, 5.74) is 5.72. The predicted molar refractivity (Wildman–Crippen MR) is 39.1 cm³/mol. The van der Waals surface area contributed by atoms with Crippen molar-refractivity contribution in [2.24, 2.45) is 11.1 Å². The summed E-state index contributed by atoms with van der Waals surface area (Å²) in [4.78, 5) is 10.7. The number of carbonyl (C=O) groups excluding carboxylic acids is 1. The molecule has 3 heteroatoms.